The van der Waals surface area contributed by atoms with E-state index in [1.165, 1.54) is 6.07 Å². The monoisotopic (exact) mass is 243 g/mol. The van der Waals surface area contributed by atoms with E-state index in [0.717, 1.165) is 23.1 Å². The summed E-state index contributed by atoms with van der Waals surface area (Å²) in [6.45, 7) is 0.683. The van der Waals surface area contributed by atoms with Gasteiger partial charge < -0.3 is 10.5 Å². The fraction of sp³-hybridized carbons (Fsp3) is 0.200. The largest absolute Gasteiger partial charge is 0.496 e. The Balaban J connectivity index is 2.14. The number of hydrogen-bond acceptors (Lipinski definition) is 2. The number of fused-ring (bicyclic) bond motifs is 1. The molecule has 0 radical (unpaired) electrons. The van der Waals surface area contributed by atoms with Gasteiger partial charge in [-0.25, -0.2) is 4.39 Å². The van der Waals surface area contributed by atoms with Gasteiger partial charge in [0, 0.05) is 11.8 Å². The lowest BCUT2D eigenvalue weighted by Gasteiger charge is -2.16. The van der Waals surface area contributed by atoms with E-state index in [-0.39, 0.29) is 11.9 Å². The highest BCUT2D eigenvalue weighted by atomic mass is 19.1. The van der Waals surface area contributed by atoms with Gasteiger partial charge in [-0.15, -0.1) is 0 Å². The molecule has 0 saturated carbocycles. The van der Waals surface area contributed by atoms with Gasteiger partial charge in [-0.1, -0.05) is 30.3 Å². The van der Waals surface area contributed by atoms with Crippen LogP contribution in [0.5, 0.6) is 0 Å². The lowest BCUT2D eigenvalue weighted by atomic mass is 9.97. The lowest BCUT2D eigenvalue weighted by Crippen LogP contribution is -2.14. The minimum atomic E-state index is -0.321. The first kappa shape index (κ1) is 11.2. The first-order valence-electron chi connectivity index (χ1n) is 6.03. The van der Waals surface area contributed by atoms with E-state index in [9.17, 15) is 4.39 Å². The highest BCUT2D eigenvalue weighted by molar-refractivity contribution is 5.87. The van der Waals surface area contributed by atoms with E-state index in [1.54, 1.807) is 12.1 Å². The maximum absolute atomic E-state index is 13.7. The Kier molecular flexibility index (Phi) is 2.76. The summed E-state index contributed by atoms with van der Waals surface area (Å²) >= 11 is 0. The van der Waals surface area contributed by atoms with E-state index in [2.05, 4.69) is 0 Å². The van der Waals surface area contributed by atoms with Crippen molar-refractivity contribution in [2.75, 3.05) is 6.61 Å². The smallest absolute Gasteiger partial charge is 0.131 e. The Bertz CT molecular complexity index is 621. The second kappa shape index (κ2) is 4.42. The molecule has 1 unspecified atom stereocenters. The number of nitrogens with two attached hydrogens (primary N) is 1. The predicted octanol–water partition coefficient (Wildman–Crippen LogP) is 3.28. The van der Waals surface area contributed by atoms with Gasteiger partial charge in [0.2, 0.25) is 0 Å². The van der Waals surface area contributed by atoms with Gasteiger partial charge in [-0.3, -0.25) is 0 Å². The topological polar surface area (TPSA) is 35.2 Å². The molecule has 2 aromatic carbocycles. The number of ether oxygens (including phenoxy) is 1. The molecule has 1 aliphatic heterocycles. The molecule has 1 heterocycles. The van der Waals surface area contributed by atoms with Crippen LogP contribution >= 0.6 is 0 Å². The summed E-state index contributed by atoms with van der Waals surface area (Å²) in [5.41, 5.74) is 7.10. The van der Waals surface area contributed by atoms with Crippen LogP contribution in [0.25, 0.3) is 10.8 Å². The first-order chi connectivity index (χ1) is 8.77. The van der Waals surface area contributed by atoms with Gasteiger partial charge in [0.15, 0.2) is 0 Å². The summed E-state index contributed by atoms with van der Waals surface area (Å²) in [5, 5.41) is 1.45. The molecule has 0 saturated heterocycles. The van der Waals surface area contributed by atoms with Gasteiger partial charge >= 0.3 is 0 Å². The van der Waals surface area contributed by atoms with Gasteiger partial charge in [0.05, 0.1) is 12.6 Å². The van der Waals surface area contributed by atoms with Crippen LogP contribution in [-0.4, -0.2) is 6.61 Å². The van der Waals surface area contributed by atoms with Crippen molar-refractivity contribution in [2.45, 2.75) is 12.5 Å². The normalized spacial score (nSPS) is 16.4. The van der Waals surface area contributed by atoms with Gasteiger partial charge in [-0.05, 0) is 23.1 Å². The molecular formula is C15H14FNO. The molecule has 0 aromatic heterocycles. The van der Waals surface area contributed by atoms with Crippen molar-refractivity contribution in [3.63, 3.8) is 0 Å². The van der Waals surface area contributed by atoms with Crippen LogP contribution in [-0.2, 0) is 4.74 Å². The van der Waals surface area contributed by atoms with Crippen LogP contribution in [0, 0.1) is 5.82 Å². The van der Waals surface area contributed by atoms with Crippen LogP contribution in [0.4, 0.5) is 4.39 Å². The van der Waals surface area contributed by atoms with E-state index in [4.69, 9.17) is 10.5 Å². The van der Waals surface area contributed by atoms with Crippen molar-refractivity contribution < 1.29 is 9.13 Å². The number of rotatable bonds is 2. The van der Waals surface area contributed by atoms with Crippen molar-refractivity contribution >= 4 is 10.8 Å². The maximum atomic E-state index is 13.7. The summed E-state index contributed by atoms with van der Waals surface area (Å²) in [5.74, 6) is 0.564. The van der Waals surface area contributed by atoms with Gasteiger partial charge in [-0.2, -0.15) is 0 Å². The van der Waals surface area contributed by atoms with E-state index >= 15 is 0 Å². The van der Waals surface area contributed by atoms with Crippen molar-refractivity contribution in [2.24, 2.45) is 5.73 Å². The molecule has 18 heavy (non-hydrogen) atoms. The molecule has 3 rings (SSSR count). The summed E-state index contributed by atoms with van der Waals surface area (Å²) in [6, 6.07) is 10.3. The average Bonchev–Trinajstić information content (AvgIpc) is 2.93. The molecule has 0 fully saturated rings. The zero-order valence-electron chi connectivity index (χ0n) is 9.90. The van der Waals surface area contributed by atoms with Crippen molar-refractivity contribution in [3.8, 4) is 0 Å². The molecular weight excluding hydrogens is 229 g/mol. The molecule has 2 nitrogen and oxygen atoms in total. The highest BCUT2D eigenvalue weighted by Gasteiger charge is 2.19. The van der Waals surface area contributed by atoms with E-state index < -0.39 is 0 Å². The van der Waals surface area contributed by atoms with Crippen LogP contribution in [0.15, 0.2) is 48.2 Å². The third-order valence-electron chi connectivity index (χ3n) is 3.28. The number of benzene rings is 2. The van der Waals surface area contributed by atoms with E-state index in [1.807, 2.05) is 24.3 Å². The summed E-state index contributed by atoms with van der Waals surface area (Å²) in [4.78, 5) is 0. The van der Waals surface area contributed by atoms with Crippen LogP contribution < -0.4 is 5.73 Å². The summed E-state index contributed by atoms with van der Waals surface area (Å²) < 4.78 is 19.2. The summed E-state index contributed by atoms with van der Waals surface area (Å²) in [7, 11) is 0. The van der Waals surface area contributed by atoms with Crippen molar-refractivity contribution in [1.29, 1.82) is 0 Å². The highest BCUT2D eigenvalue weighted by Crippen LogP contribution is 2.30. The predicted molar refractivity (Wildman–Crippen MR) is 69.5 cm³/mol. The molecule has 0 bridgehead atoms. The van der Waals surface area contributed by atoms with Crippen LogP contribution in [0.2, 0.25) is 0 Å². The molecule has 2 N–H and O–H groups in total. The molecule has 1 atom stereocenters. The Labute approximate surface area is 105 Å². The Morgan fingerprint density at radius 1 is 1.11 bits per heavy atom. The third-order valence-corrected chi connectivity index (χ3v) is 3.28. The Hall–Kier alpha value is -1.87. The maximum Gasteiger partial charge on any atom is 0.131 e. The quantitative estimate of drug-likeness (QED) is 0.878. The molecule has 92 valence electrons. The molecule has 1 aliphatic rings. The standard InChI is InChI=1S/C15H14FNO/c16-13-8-7-12(10-4-1-2-5-11(10)13)15(17)14-6-3-9-18-14/h1-2,4-8,15H,3,9,17H2. The fourth-order valence-electron chi connectivity index (χ4n) is 2.36. The Morgan fingerprint density at radius 3 is 2.61 bits per heavy atom. The zero-order chi connectivity index (χ0) is 12.5. The SMILES string of the molecule is NC(C1=CCCO1)c1ccc(F)c2ccccc12. The molecule has 0 spiro atoms. The molecule has 2 aromatic rings. The zero-order valence-corrected chi connectivity index (χ0v) is 9.90. The average molecular weight is 243 g/mol. The molecule has 0 aliphatic carbocycles. The molecule has 3 heteroatoms. The van der Waals surface area contributed by atoms with Gasteiger partial charge in [0.25, 0.3) is 0 Å². The number of hydrogen-bond donors (Lipinski definition) is 1. The summed E-state index contributed by atoms with van der Waals surface area (Å²) in [6.07, 6.45) is 2.89. The first-order valence-corrected chi connectivity index (χ1v) is 6.03. The minimum Gasteiger partial charge on any atom is -0.496 e. The second-order valence-corrected chi connectivity index (χ2v) is 4.40. The fourth-order valence-corrected chi connectivity index (χ4v) is 2.36. The Morgan fingerprint density at radius 2 is 1.89 bits per heavy atom. The van der Waals surface area contributed by atoms with Gasteiger partial charge in [0.1, 0.15) is 11.6 Å². The lowest BCUT2D eigenvalue weighted by molar-refractivity contribution is 0.225. The minimum absolute atomic E-state index is 0.220. The van der Waals surface area contributed by atoms with E-state index in [0.29, 0.717) is 12.0 Å². The van der Waals surface area contributed by atoms with Crippen LogP contribution in [0.3, 0.4) is 0 Å². The molecule has 0 amide bonds. The second-order valence-electron chi connectivity index (χ2n) is 4.40. The number of halogens is 1. The van der Waals surface area contributed by atoms with Crippen molar-refractivity contribution in [3.05, 3.63) is 59.6 Å². The van der Waals surface area contributed by atoms with Crippen LogP contribution in [0.1, 0.15) is 18.0 Å². The third kappa shape index (κ3) is 1.77. The van der Waals surface area contributed by atoms with Crippen molar-refractivity contribution in [1.82, 2.24) is 0 Å².